The molecule has 0 amide bonds. The van der Waals surface area contributed by atoms with E-state index in [-0.39, 0.29) is 12.6 Å². The maximum absolute atomic E-state index is 14.3. The average molecular weight is 428 g/mol. The van der Waals surface area contributed by atoms with Crippen LogP contribution in [-0.4, -0.2) is 36.1 Å². The van der Waals surface area contributed by atoms with Gasteiger partial charge in [-0.25, -0.2) is 17.1 Å². The van der Waals surface area contributed by atoms with E-state index in [1.807, 2.05) is 0 Å². The highest BCUT2D eigenvalue weighted by atomic mass is 35.5. The predicted molar refractivity (Wildman–Crippen MR) is 90.4 cm³/mol. The van der Waals surface area contributed by atoms with Gasteiger partial charge in [-0.3, -0.25) is 9.48 Å². The van der Waals surface area contributed by atoms with Crippen LogP contribution < -0.4 is 5.43 Å². The molecule has 148 valence electrons. The van der Waals surface area contributed by atoms with Crippen molar-refractivity contribution >= 4 is 21.6 Å². The largest absolute Gasteiger partial charge is 0.433 e. The molecule has 6 nitrogen and oxygen atoms in total. The molecule has 2 aromatic rings. The van der Waals surface area contributed by atoms with E-state index in [1.54, 1.807) is 6.92 Å². The van der Waals surface area contributed by atoms with Crippen molar-refractivity contribution in [2.75, 3.05) is 13.6 Å². The summed E-state index contributed by atoms with van der Waals surface area (Å²) in [5.41, 5.74) is -3.79. The second-order valence-electron chi connectivity index (χ2n) is 5.55. The number of aryl methyl sites for hydroxylation is 1. The molecule has 0 aliphatic heterocycles. The summed E-state index contributed by atoms with van der Waals surface area (Å²) >= 11 is 5.83. The van der Waals surface area contributed by atoms with Gasteiger partial charge in [-0.05, 0) is 12.1 Å². The maximum Gasteiger partial charge on any atom is 0.433 e. The molecule has 1 heterocycles. The number of rotatable bonds is 4. The van der Waals surface area contributed by atoms with Gasteiger partial charge in [0.2, 0.25) is 15.5 Å². The summed E-state index contributed by atoms with van der Waals surface area (Å²) in [5, 5.41) is 3.05. The molecule has 1 aromatic heterocycles. The van der Waals surface area contributed by atoms with Crippen molar-refractivity contribution in [3.63, 3.8) is 0 Å². The highest BCUT2D eigenvalue weighted by molar-refractivity contribution is 7.89. The average Bonchev–Trinajstić information content (AvgIpc) is 2.54. The van der Waals surface area contributed by atoms with Gasteiger partial charge in [0.1, 0.15) is 22.1 Å². The Balaban J connectivity index is 2.77. The van der Waals surface area contributed by atoms with Crippen LogP contribution in [0.1, 0.15) is 12.6 Å². The van der Waals surface area contributed by atoms with Gasteiger partial charge >= 0.3 is 6.18 Å². The van der Waals surface area contributed by atoms with E-state index in [1.165, 1.54) is 7.05 Å². The van der Waals surface area contributed by atoms with E-state index < -0.39 is 54.3 Å². The topological polar surface area (TPSA) is 72.3 Å². The van der Waals surface area contributed by atoms with Gasteiger partial charge in [0, 0.05) is 32.3 Å². The summed E-state index contributed by atoms with van der Waals surface area (Å²) in [6.07, 6.45) is -4.84. The van der Waals surface area contributed by atoms with Gasteiger partial charge in [-0.2, -0.15) is 18.3 Å². The fourth-order valence-corrected chi connectivity index (χ4v) is 3.93. The molecule has 0 fully saturated rings. The maximum atomic E-state index is 14.3. The molecule has 0 unspecified atom stereocenters. The molecule has 2 rings (SSSR count). The van der Waals surface area contributed by atoms with Crippen molar-refractivity contribution in [2.45, 2.75) is 18.0 Å². The molecular formula is C15H14ClF4N3O3S. The minimum atomic E-state index is -4.84. The lowest BCUT2D eigenvalue weighted by Crippen LogP contribution is -2.27. The lowest BCUT2D eigenvalue weighted by atomic mass is 10.1. The Morgan fingerprint density at radius 1 is 1.26 bits per heavy atom. The third-order valence-corrected chi connectivity index (χ3v) is 6.20. The van der Waals surface area contributed by atoms with Crippen LogP contribution in [0.3, 0.4) is 0 Å². The van der Waals surface area contributed by atoms with Crippen molar-refractivity contribution in [1.29, 1.82) is 0 Å². The van der Waals surface area contributed by atoms with Crippen LogP contribution in [0.5, 0.6) is 0 Å². The van der Waals surface area contributed by atoms with Crippen molar-refractivity contribution in [3.05, 3.63) is 45.0 Å². The van der Waals surface area contributed by atoms with Gasteiger partial charge in [-0.1, -0.05) is 18.5 Å². The fourth-order valence-electron chi connectivity index (χ4n) is 2.24. The Kier molecular flexibility index (Phi) is 5.69. The first kappa shape index (κ1) is 21.3. The number of sulfonamides is 1. The van der Waals surface area contributed by atoms with Crippen LogP contribution >= 0.6 is 11.6 Å². The molecule has 12 heteroatoms. The van der Waals surface area contributed by atoms with Crippen molar-refractivity contribution in [2.24, 2.45) is 7.05 Å². The third kappa shape index (κ3) is 3.99. The first-order valence-corrected chi connectivity index (χ1v) is 9.23. The quantitative estimate of drug-likeness (QED) is 0.703. The first-order valence-electron chi connectivity index (χ1n) is 7.42. The number of benzene rings is 1. The monoisotopic (exact) mass is 427 g/mol. The lowest BCUT2D eigenvalue weighted by Gasteiger charge is -2.17. The van der Waals surface area contributed by atoms with Crippen molar-refractivity contribution < 1.29 is 26.0 Å². The number of halogens is 5. The molecule has 0 aliphatic rings. The summed E-state index contributed by atoms with van der Waals surface area (Å²) in [5.74, 6) is -1.09. The summed E-state index contributed by atoms with van der Waals surface area (Å²) in [4.78, 5) is 11.6. The molecular weight excluding hydrogens is 414 g/mol. The fraction of sp³-hybridized carbons (Fsp3) is 0.333. The molecule has 0 aliphatic carbocycles. The van der Waals surface area contributed by atoms with Crippen LogP contribution in [0.2, 0.25) is 5.02 Å². The summed E-state index contributed by atoms with van der Waals surface area (Å²) < 4.78 is 79.2. The number of nitrogens with zero attached hydrogens (tertiary/aromatic N) is 3. The second-order valence-corrected chi connectivity index (χ2v) is 7.97. The SMILES string of the molecule is CCN(C)S(=O)(=O)c1cc(-c2nn(C)c(C(F)(F)F)cc2=O)c(F)cc1Cl. The van der Waals surface area contributed by atoms with Crippen molar-refractivity contribution in [3.8, 4) is 11.3 Å². The Hall–Kier alpha value is -1.98. The van der Waals surface area contributed by atoms with Gasteiger partial charge in [0.15, 0.2) is 0 Å². The first-order chi connectivity index (χ1) is 12.3. The van der Waals surface area contributed by atoms with Crippen LogP contribution in [0.25, 0.3) is 11.3 Å². The number of aromatic nitrogens is 2. The number of hydrogen-bond acceptors (Lipinski definition) is 4. The predicted octanol–water partition coefficient (Wildman–Crippen LogP) is 2.90. The van der Waals surface area contributed by atoms with Gasteiger partial charge in [0.05, 0.1) is 5.02 Å². The summed E-state index contributed by atoms with van der Waals surface area (Å²) in [7, 11) is -1.90. The zero-order chi connectivity index (χ0) is 20.7. The minimum absolute atomic E-state index is 0.0890. The molecule has 0 N–H and O–H groups in total. The van der Waals surface area contributed by atoms with Gasteiger partial charge in [-0.15, -0.1) is 0 Å². The van der Waals surface area contributed by atoms with Gasteiger partial charge in [0.25, 0.3) is 0 Å². The van der Waals surface area contributed by atoms with E-state index in [0.29, 0.717) is 10.7 Å². The smallest absolute Gasteiger partial charge is 0.287 e. The van der Waals surface area contributed by atoms with E-state index in [9.17, 15) is 30.8 Å². The highest BCUT2D eigenvalue weighted by Gasteiger charge is 2.35. The molecule has 1 aromatic carbocycles. The molecule has 0 radical (unpaired) electrons. The third-order valence-electron chi connectivity index (χ3n) is 3.80. The van der Waals surface area contributed by atoms with Crippen molar-refractivity contribution in [1.82, 2.24) is 14.1 Å². The Labute approximate surface area is 157 Å². The molecule has 0 spiro atoms. The summed E-state index contributed by atoms with van der Waals surface area (Å²) in [6.45, 7) is 1.65. The van der Waals surface area contributed by atoms with E-state index >= 15 is 0 Å². The molecule has 27 heavy (non-hydrogen) atoms. The number of hydrogen-bond donors (Lipinski definition) is 0. The lowest BCUT2D eigenvalue weighted by molar-refractivity contribution is -0.144. The van der Waals surface area contributed by atoms with Crippen LogP contribution in [0, 0.1) is 5.82 Å². The standard InChI is InChI=1S/C15H14ClF4N3O3S/c1-4-22(2)27(25,26)12-5-8(10(17)6-9(12)16)14-11(24)7-13(15(18,19)20)23(3)21-14/h5-7H,4H2,1-3H3. The van der Waals surface area contributed by atoms with Crippen LogP contribution in [0.4, 0.5) is 17.6 Å². The van der Waals surface area contributed by atoms with E-state index in [4.69, 9.17) is 11.6 Å². The zero-order valence-electron chi connectivity index (χ0n) is 14.3. The summed E-state index contributed by atoms with van der Waals surface area (Å²) in [6, 6.07) is 1.73. The highest BCUT2D eigenvalue weighted by Crippen LogP contribution is 2.32. The molecule has 0 bridgehead atoms. The Bertz CT molecular complexity index is 1050. The Morgan fingerprint density at radius 3 is 2.37 bits per heavy atom. The van der Waals surface area contributed by atoms with E-state index in [0.717, 1.165) is 17.4 Å². The normalized spacial score (nSPS) is 12.6. The number of alkyl halides is 3. The van der Waals surface area contributed by atoms with E-state index in [2.05, 4.69) is 5.10 Å². The zero-order valence-corrected chi connectivity index (χ0v) is 15.9. The molecule has 0 saturated heterocycles. The molecule has 0 atom stereocenters. The minimum Gasteiger partial charge on any atom is -0.287 e. The second kappa shape index (κ2) is 7.21. The Morgan fingerprint density at radius 2 is 1.85 bits per heavy atom. The molecule has 0 saturated carbocycles. The van der Waals surface area contributed by atoms with Gasteiger partial charge < -0.3 is 0 Å². The van der Waals surface area contributed by atoms with Crippen LogP contribution in [0.15, 0.2) is 27.9 Å². The van der Waals surface area contributed by atoms with Crippen LogP contribution in [-0.2, 0) is 23.2 Å².